The molecule has 1 atom stereocenters. The van der Waals surface area contributed by atoms with E-state index < -0.39 is 51.6 Å². The fourth-order valence-electron chi connectivity index (χ4n) is 2.39. The summed E-state index contributed by atoms with van der Waals surface area (Å²) >= 11 is 0.898. The molecule has 0 unspecified atom stereocenters. The van der Waals surface area contributed by atoms with Gasteiger partial charge < -0.3 is 15.7 Å². The number of anilines is 2. The monoisotopic (exact) mass is 511 g/mol. The lowest BCUT2D eigenvalue weighted by Gasteiger charge is -2.22. The summed E-state index contributed by atoms with van der Waals surface area (Å²) in [5.74, 6) is -3.57. The van der Waals surface area contributed by atoms with Crippen LogP contribution in [0.15, 0.2) is 47.4 Å². The van der Waals surface area contributed by atoms with Crippen LogP contribution in [0.3, 0.4) is 0 Å². The number of amides is 2. The Kier molecular flexibility index (Phi) is 7.83. The zero-order chi connectivity index (χ0) is 25.9. The number of nitrogens with one attached hydrogen (secondary N) is 2. The van der Waals surface area contributed by atoms with Crippen LogP contribution in [-0.2, 0) is 15.8 Å². The first-order valence-corrected chi connectivity index (χ1v) is 10.00. The van der Waals surface area contributed by atoms with Gasteiger partial charge in [0, 0.05) is 28.1 Å². The number of carbonyl (C=O) groups excluding carboxylic acids is 2. The van der Waals surface area contributed by atoms with Crippen LogP contribution in [0.1, 0.15) is 12.5 Å². The number of carbonyl (C=O) groups is 2. The van der Waals surface area contributed by atoms with Crippen molar-refractivity contribution in [1.29, 1.82) is 0 Å². The average Bonchev–Trinajstić information content (AvgIpc) is 2.71. The van der Waals surface area contributed by atoms with Crippen LogP contribution in [0.4, 0.5) is 43.4 Å². The van der Waals surface area contributed by atoms with Crippen molar-refractivity contribution in [2.75, 3.05) is 16.4 Å². The summed E-state index contributed by atoms with van der Waals surface area (Å²) in [7, 11) is 0. The van der Waals surface area contributed by atoms with Gasteiger partial charge >= 0.3 is 18.3 Å². The summed E-state index contributed by atoms with van der Waals surface area (Å²) in [4.78, 5) is 33.3. The second-order valence-electron chi connectivity index (χ2n) is 6.98. The Morgan fingerprint density at radius 1 is 0.971 bits per heavy atom. The Bertz CT molecular complexity index is 1090. The lowest BCUT2D eigenvalue weighted by Crippen LogP contribution is -2.42. The quantitative estimate of drug-likeness (QED) is 0.216. The maximum absolute atomic E-state index is 13.1. The molecule has 3 N–H and O–H groups in total. The number of rotatable bonds is 7. The van der Waals surface area contributed by atoms with Crippen molar-refractivity contribution in [3.05, 3.63) is 58.1 Å². The predicted octanol–water partition coefficient (Wildman–Crippen LogP) is 4.60. The third kappa shape index (κ3) is 7.08. The molecule has 0 spiro atoms. The van der Waals surface area contributed by atoms with E-state index >= 15 is 0 Å². The average molecular weight is 511 g/mol. The zero-order valence-electron chi connectivity index (χ0n) is 17.0. The van der Waals surface area contributed by atoms with E-state index in [1.165, 1.54) is 12.1 Å². The van der Waals surface area contributed by atoms with Gasteiger partial charge in [0.15, 0.2) is 0 Å². The number of aliphatic hydroxyl groups is 1. The molecule has 15 heteroatoms. The number of nitrogens with zero attached hydrogens (tertiary/aromatic N) is 1. The van der Waals surface area contributed by atoms with Gasteiger partial charge in [0.25, 0.3) is 11.6 Å². The smallest absolute Gasteiger partial charge is 0.379 e. The summed E-state index contributed by atoms with van der Waals surface area (Å²) < 4.78 is 76.0. The molecule has 0 aromatic heterocycles. The summed E-state index contributed by atoms with van der Waals surface area (Å²) in [6.45, 7) is 1.07. The van der Waals surface area contributed by atoms with Gasteiger partial charge in [0.2, 0.25) is 0 Å². The van der Waals surface area contributed by atoms with E-state index in [1.807, 2.05) is 0 Å². The van der Waals surface area contributed by atoms with E-state index in [0.29, 0.717) is 17.0 Å². The van der Waals surface area contributed by atoms with Gasteiger partial charge in [0.1, 0.15) is 11.2 Å². The lowest BCUT2D eigenvalue weighted by atomic mass is 10.1. The van der Waals surface area contributed by atoms with Crippen LogP contribution in [0, 0.1) is 10.1 Å². The number of thioether (sulfide) groups is 1. The highest BCUT2D eigenvalue weighted by atomic mass is 32.2. The molecule has 0 saturated heterocycles. The lowest BCUT2D eigenvalue weighted by molar-refractivity contribution is -0.388. The molecule has 2 aromatic rings. The Labute approximate surface area is 191 Å². The maximum Gasteiger partial charge on any atom is 0.471 e. The molecule has 2 amide bonds. The molecule has 0 bridgehead atoms. The molecule has 2 aromatic carbocycles. The SMILES string of the molecule is C[C@](O)(CSc1ccc(NC(=O)C(F)(F)F)cc1)C(=O)Nc1ccc([N+](=O)[O-])c(C(F)(F)F)c1. The fourth-order valence-corrected chi connectivity index (χ4v) is 3.30. The Morgan fingerprint density at radius 3 is 2.00 bits per heavy atom. The van der Waals surface area contributed by atoms with Crippen LogP contribution < -0.4 is 10.6 Å². The first kappa shape index (κ1) is 26.9. The van der Waals surface area contributed by atoms with Crippen molar-refractivity contribution in [2.45, 2.75) is 29.8 Å². The van der Waals surface area contributed by atoms with Crippen LogP contribution in [0.5, 0.6) is 0 Å². The van der Waals surface area contributed by atoms with Crippen molar-refractivity contribution in [3.63, 3.8) is 0 Å². The van der Waals surface area contributed by atoms with Gasteiger partial charge in [-0.15, -0.1) is 11.8 Å². The number of alkyl halides is 6. The van der Waals surface area contributed by atoms with Crippen molar-refractivity contribution in [1.82, 2.24) is 0 Å². The first-order chi connectivity index (χ1) is 15.5. The summed E-state index contributed by atoms with van der Waals surface area (Å²) in [5.41, 5.74) is -5.48. The largest absolute Gasteiger partial charge is 0.471 e. The van der Waals surface area contributed by atoms with Gasteiger partial charge in [-0.3, -0.25) is 19.7 Å². The van der Waals surface area contributed by atoms with E-state index in [-0.39, 0.29) is 11.4 Å². The van der Waals surface area contributed by atoms with Gasteiger partial charge in [-0.1, -0.05) is 0 Å². The van der Waals surface area contributed by atoms with Gasteiger partial charge in [-0.2, -0.15) is 26.3 Å². The van der Waals surface area contributed by atoms with Crippen molar-refractivity contribution >= 4 is 40.6 Å². The topological polar surface area (TPSA) is 122 Å². The van der Waals surface area contributed by atoms with Crippen LogP contribution in [0.2, 0.25) is 0 Å². The van der Waals surface area contributed by atoms with E-state index in [9.17, 15) is 51.2 Å². The molecule has 0 aliphatic rings. The highest BCUT2D eigenvalue weighted by Gasteiger charge is 2.40. The van der Waals surface area contributed by atoms with E-state index in [4.69, 9.17) is 0 Å². The maximum atomic E-state index is 13.1. The van der Waals surface area contributed by atoms with Crippen molar-refractivity contribution in [2.24, 2.45) is 0 Å². The molecule has 0 radical (unpaired) electrons. The number of halogens is 6. The van der Waals surface area contributed by atoms with Crippen LogP contribution >= 0.6 is 11.8 Å². The number of nitro benzene ring substituents is 1. The molecule has 0 heterocycles. The van der Waals surface area contributed by atoms with E-state index in [0.717, 1.165) is 36.9 Å². The standard InChI is InChI=1S/C19H15F6N3O5S/c1-17(31,9-34-12-5-2-10(3-6-12)26-16(30)19(23,24)25)15(29)27-11-4-7-14(28(32)33)13(8-11)18(20,21)22/h2-8,31H,9H2,1H3,(H,26,30)(H,27,29)/t17-/m0/s1. The second-order valence-corrected chi connectivity index (χ2v) is 8.03. The molecule has 0 fully saturated rings. The second kappa shape index (κ2) is 9.89. The molecule has 184 valence electrons. The number of hydrogen-bond donors (Lipinski definition) is 3. The predicted molar refractivity (Wildman–Crippen MR) is 109 cm³/mol. The van der Waals surface area contributed by atoms with Gasteiger partial charge in [-0.25, -0.2) is 0 Å². The normalized spacial score (nSPS) is 13.6. The Balaban J connectivity index is 2.05. The van der Waals surface area contributed by atoms with E-state index in [1.54, 1.807) is 5.32 Å². The third-order valence-electron chi connectivity index (χ3n) is 4.14. The van der Waals surface area contributed by atoms with Crippen LogP contribution in [0.25, 0.3) is 0 Å². The highest BCUT2D eigenvalue weighted by molar-refractivity contribution is 7.99. The molecule has 0 aliphatic carbocycles. The summed E-state index contributed by atoms with van der Waals surface area (Å²) in [6.07, 6.45) is -10.1. The highest BCUT2D eigenvalue weighted by Crippen LogP contribution is 2.37. The van der Waals surface area contributed by atoms with Crippen molar-refractivity contribution in [3.8, 4) is 0 Å². The Morgan fingerprint density at radius 2 is 1.50 bits per heavy atom. The molecule has 0 aliphatic heterocycles. The van der Waals surface area contributed by atoms with Crippen molar-refractivity contribution < 1.29 is 46.0 Å². The molecular weight excluding hydrogens is 496 g/mol. The molecule has 34 heavy (non-hydrogen) atoms. The molecule has 2 rings (SSSR count). The molecular formula is C19H15F6N3O5S. The molecule has 8 nitrogen and oxygen atoms in total. The minimum Gasteiger partial charge on any atom is -0.379 e. The zero-order valence-corrected chi connectivity index (χ0v) is 17.8. The minimum atomic E-state index is -5.07. The number of nitro groups is 1. The van der Waals surface area contributed by atoms with Gasteiger partial charge in [-0.05, 0) is 43.3 Å². The third-order valence-corrected chi connectivity index (χ3v) is 5.45. The number of hydrogen-bond acceptors (Lipinski definition) is 6. The first-order valence-electron chi connectivity index (χ1n) is 9.01. The van der Waals surface area contributed by atoms with Crippen LogP contribution in [-0.4, -0.2) is 39.4 Å². The summed E-state index contributed by atoms with van der Waals surface area (Å²) in [6, 6.07) is 6.77. The van der Waals surface area contributed by atoms with E-state index in [2.05, 4.69) is 5.32 Å². The number of benzene rings is 2. The molecule has 0 saturated carbocycles. The summed E-state index contributed by atoms with van der Waals surface area (Å²) in [5, 5.41) is 24.9. The Hall–Kier alpha value is -3.33. The fraction of sp³-hybridized carbons (Fsp3) is 0.263. The van der Waals surface area contributed by atoms with Gasteiger partial charge in [0.05, 0.1) is 4.92 Å². The minimum absolute atomic E-state index is 0.144.